The maximum Gasteiger partial charge on any atom is 0.191 e. The van der Waals surface area contributed by atoms with Crippen LogP contribution >= 0.6 is 35.3 Å². The van der Waals surface area contributed by atoms with Crippen molar-refractivity contribution in [2.45, 2.75) is 53.0 Å². The molecule has 4 nitrogen and oxygen atoms in total. The normalized spacial score (nSPS) is 22.1. The van der Waals surface area contributed by atoms with Crippen LogP contribution in [0.4, 0.5) is 0 Å². The van der Waals surface area contributed by atoms with E-state index in [1.165, 1.54) is 30.6 Å². The number of aliphatic imine (C=N–C) groups is 1. The van der Waals surface area contributed by atoms with Crippen molar-refractivity contribution in [3.8, 4) is 0 Å². The minimum Gasteiger partial charge on any atom is -0.356 e. The number of halogens is 1. The molecule has 1 aromatic heterocycles. The average molecular weight is 436 g/mol. The molecule has 0 spiro atoms. The summed E-state index contributed by atoms with van der Waals surface area (Å²) in [7, 11) is 1.84. The lowest BCUT2D eigenvalue weighted by Gasteiger charge is -2.29. The molecule has 0 bridgehead atoms. The van der Waals surface area contributed by atoms with Crippen molar-refractivity contribution < 1.29 is 0 Å². The van der Waals surface area contributed by atoms with Gasteiger partial charge >= 0.3 is 0 Å². The van der Waals surface area contributed by atoms with Gasteiger partial charge in [0.15, 0.2) is 5.96 Å². The number of nitrogens with zero attached hydrogens (tertiary/aromatic N) is 2. The average Bonchev–Trinajstić information content (AvgIpc) is 2.79. The van der Waals surface area contributed by atoms with E-state index >= 15 is 0 Å². The Bertz CT molecular complexity index is 486. The second-order valence-electron chi connectivity index (χ2n) is 6.07. The Balaban J connectivity index is 0.00000242. The number of rotatable bonds is 4. The molecule has 2 atom stereocenters. The lowest BCUT2D eigenvalue weighted by atomic mass is 9.80. The van der Waals surface area contributed by atoms with E-state index in [0.29, 0.717) is 0 Å². The summed E-state index contributed by atoms with van der Waals surface area (Å²) in [6.45, 7) is 8.34. The fraction of sp³-hybridized carbons (Fsp3) is 0.750. The highest BCUT2D eigenvalue weighted by Crippen LogP contribution is 2.28. The molecular formula is C16H29IN4S. The lowest BCUT2D eigenvalue weighted by molar-refractivity contribution is 0.256. The van der Waals surface area contributed by atoms with E-state index in [2.05, 4.69) is 41.4 Å². The number of aryl methyl sites for hydroxylation is 2. The fourth-order valence-electron chi connectivity index (χ4n) is 3.05. The van der Waals surface area contributed by atoms with E-state index in [1.54, 1.807) is 11.3 Å². The molecule has 0 aromatic carbocycles. The lowest BCUT2D eigenvalue weighted by Crippen LogP contribution is -2.41. The predicted octanol–water partition coefficient (Wildman–Crippen LogP) is 3.87. The fourth-order valence-corrected chi connectivity index (χ4v) is 3.92. The van der Waals surface area contributed by atoms with Crippen LogP contribution in [0.1, 0.15) is 48.2 Å². The summed E-state index contributed by atoms with van der Waals surface area (Å²) < 4.78 is 0. The monoisotopic (exact) mass is 436 g/mol. The summed E-state index contributed by atoms with van der Waals surface area (Å²) in [5, 5.41) is 8.02. The van der Waals surface area contributed by atoms with Gasteiger partial charge in [-0.15, -0.1) is 35.3 Å². The quantitative estimate of drug-likeness (QED) is 0.428. The minimum atomic E-state index is 0. The second kappa shape index (κ2) is 9.70. The van der Waals surface area contributed by atoms with Crippen LogP contribution in [-0.4, -0.2) is 24.5 Å². The maximum atomic E-state index is 4.46. The molecule has 1 aromatic rings. The Labute approximate surface area is 155 Å². The summed E-state index contributed by atoms with van der Waals surface area (Å²) in [5.74, 6) is 2.51. The molecule has 2 unspecified atom stereocenters. The Morgan fingerprint density at radius 1 is 1.27 bits per heavy atom. The van der Waals surface area contributed by atoms with E-state index < -0.39 is 0 Å². The summed E-state index contributed by atoms with van der Waals surface area (Å²) in [6, 6.07) is 0. The van der Waals surface area contributed by atoms with Crippen molar-refractivity contribution in [2.24, 2.45) is 16.8 Å². The minimum absolute atomic E-state index is 0. The van der Waals surface area contributed by atoms with Crippen LogP contribution in [0.3, 0.4) is 0 Å². The Kier molecular flexibility index (Phi) is 8.67. The molecule has 1 saturated carbocycles. The summed E-state index contributed by atoms with van der Waals surface area (Å²) >= 11 is 1.76. The van der Waals surface area contributed by atoms with E-state index in [0.717, 1.165) is 41.6 Å². The highest BCUT2D eigenvalue weighted by molar-refractivity contribution is 14.0. The Hall–Kier alpha value is -0.370. The van der Waals surface area contributed by atoms with Crippen LogP contribution < -0.4 is 10.6 Å². The number of hydrogen-bond donors (Lipinski definition) is 2. The second-order valence-corrected chi connectivity index (χ2v) is 7.36. The van der Waals surface area contributed by atoms with Crippen LogP contribution in [0.5, 0.6) is 0 Å². The van der Waals surface area contributed by atoms with E-state index in [9.17, 15) is 0 Å². The molecule has 1 fully saturated rings. The molecule has 126 valence electrons. The SMILES string of the molecule is CN=C(NCc1sc(C)nc1C)NCC1CCCCC1C.I. The van der Waals surface area contributed by atoms with Gasteiger partial charge in [-0.3, -0.25) is 4.99 Å². The molecule has 1 aliphatic rings. The van der Waals surface area contributed by atoms with Crippen LogP contribution in [-0.2, 0) is 6.54 Å². The molecule has 0 saturated heterocycles. The van der Waals surface area contributed by atoms with Crippen molar-refractivity contribution in [2.75, 3.05) is 13.6 Å². The Morgan fingerprint density at radius 3 is 2.59 bits per heavy atom. The zero-order valence-corrected chi connectivity index (χ0v) is 17.3. The van der Waals surface area contributed by atoms with Crippen LogP contribution in [0.25, 0.3) is 0 Å². The van der Waals surface area contributed by atoms with Gasteiger partial charge in [0, 0.05) is 18.5 Å². The highest BCUT2D eigenvalue weighted by atomic mass is 127. The van der Waals surface area contributed by atoms with Crippen LogP contribution in [0, 0.1) is 25.7 Å². The van der Waals surface area contributed by atoms with Gasteiger partial charge in [0.2, 0.25) is 0 Å². The zero-order valence-electron chi connectivity index (χ0n) is 14.1. The van der Waals surface area contributed by atoms with Gasteiger partial charge < -0.3 is 10.6 Å². The van der Waals surface area contributed by atoms with Gasteiger partial charge in [0.25, 0.3) is 0 Å². The molecule has 1 heterocycles. The number of nitrogens with one attached hydrogen (secondary N) is 2. The maximum absolute atomic E-state index is 4.46. The molecule has 2 rings (SSSR count). The van der Waals surface area contributed by atoms with Crippen molar-refractivity contribution in [3.05, 3.63) is 15.6 Å². The van der Waals surface area contributed by atoms with Gasteiger partial charge in [0.1, 0.15) is 0 Å². The third-order valence-electron chi connectivity index (χ3n) is 4.46. The van der Waals surface area contributed by atoms with Crippen LogP contribution in [0.15, 0.2) is 4.99 Å². The smallest absolute Gasteiger partial charge is 0.191 e. The number of hydrogen-bond acceptors (Lipinski definition) is 3. The van der Waals surface area contributed by atoms with Crippen molar-refractivity contribution in [1.29, 1.82) is 0 Å². The third kappa shape index (κ3) is 5.68. The van der Waals surface area contributed by atoms with E-state index in [1.807, 2.05) is 7.05 Å². The number of thiazole rings is 1. The third-order valence-corrected chi connectivity index (χ3v) is 5.53. The summed E-state index contributed by atoms with van der Waals surface area (Å²) in [5.41, 5.74) is 1.13. The molecular weight excluding hydrogens is 407 g/mol. The molecule has 0 amide bonds. The van der Waals surface area contributed by atoms with Gasteiger partial charge in [-0.1, -0.05) is 26.2 Å². The Morgan fingerprint density at radius 2 is 2.00 bits per heavy atom. The number of aromatic nitrogens is 1. The van der Waals surface area contributed by atoms with E-state index in [4.69, 9.17) is 0 Å². The van der Waals surface area contributed by atoms with Gasteiger partial charge in [-0.2, -0.15) is 0 Å². The molecule has 2 N–H and O–H groups in total. The summed E-state index contributed by atoms with van der Waals surface area (Å²) in [6.07, 6.45) is 5.49. The number of guanidine groups is 1. The molecule has 22 heavy (non-hydrogen) atoms. The van der Waals surface area contributed by atoms with Gasteiger partial charge in [-0.25, -0.2) is 4.98 Å². The van der Waals surface area contributed by atoms with Crippen LogP contribution in [0.2, 0.25) is 0 Å². The first kappa shape index (κ1) is 19.7. The van der Waals surface area contributed by atoms with Gasteiger partial charge in [0.05, 0.1) is 17.2 Å². The standard InChI is InChI=1S/C16H28N4S.HI/c1-11-7-5-6-8-14(11)9-18-16(17-4)19-10-15-12(2)20-13(3)21-15;/h11,14H,5-10H2,1-4H3,(H2,17,18,19);1H. The largest absolute Gasteiger partial charge is 0.356 e. The van der Waals surface area contributed by atoms with Crippen molar-refractivity contribution >= 4 is 41.3 Å². The predicted molar refractivity (Wildman–Crippen MR) is 106 cm³/mol. The molecule has 0 aliphatic heterocycles. The molecule has 1 aliphatic carbocycles. The molecule has 6 heteroatoms. The summed E-state index contributed by atoms with van der Waals surface area (Å²) in [4.78, 5) is 10.1. The first-order valence-electron chi connectivity index (χ1n) is 7.97. The first-order valence-corrected chi connectivity index (χ1v) is 8.79. The zero-order chi connectivity index (χ0) is 15.2. The highest BCUT2D eigenvalue weighted by Gasteiger charge is 2.21. The van der Waals surface area contributed by atoms with E-state index in [-0.39, 0.29) is 24.0 Å². The molecule has 0 radical (unpaired) electrons. The van der Waals surface area contributed by atoms with Crippen molar-refractivity contribution in [1.82, 2.24) is 15.6 Å². The van der Waals surface area contributed by atoms with Crippen molar-refractivity contribution in [3.63, 3.8) is 0 Å². The first-order chi connectivity index (χ1) is 10.1. The topological polar surface area (TPSA) is 49.3 Å². The van der Waals surface area contributed by atoms with Gasteiger partial charge in [-0.05, 0) is 32.1 Å².